The minimum Gasteiger partial charge on any atom is -0.381 e. The number of carbonyl (C=O) groups is 1. The number of carbonyl (C=O) groups excluding carboxylic acids is 1. The summed E-state index contributed by atoms with van der Waals surface area (Å²) in [5.41, 5.74) is 0.464. The molecule has 1 amide bonds. The number of nitrogens with one attached hydrogen (secondary N) is 2. The average molecular weight is 310 g/mol. The number of halogens is 2. The molecule has 3 atom stereocenters. The zero-order valence-corrected chi connectivity index (χ0v) is 12.3. The van der Waals surface area contributed by atoms with Gasteiger partial charge in [0.05, 0.1) is 12.6 Å². The lowest BCUT2D eigenvalue weighted by Gasteiger charge is -2.34. The van der Waals surface area contributed by atoms with Crippen molar-refractivity contribution < 1.29 is 18.3 Å². The number of piperidine rings is 1. The van der Waals surface area contributed by atoms with Gasteiger partial charge in [-0.15, -0.1) is 0 Å². The lowest BCUT2D eigenvalue weighted by molar-refractivity contribution is -0.123. The molecule has 2 aliphatic heterocycles. The Bertz CT molecular complexity index is 527. The van der Waals surface area contributed by atoms with Crippen LogP contribution in [-0.4, -0.2) is 31.7 Å². The first-order valence-corrected chi connectivity index (χ1v) is 7.68. The van der Waals surface area contributed by atoms with Crippen molar-refractivity contribution in [2.24, 2.45) is 5.92 Å². The highest BCUT2D eigenvalue weighted by atomic mass is 19.1. The van der Waals surface area contributed by atoms with Crippen molar-refractivity contribution >= 4 is 5.91 Å². The first-order chi connectivity index (χ1) is 10.6. The van der Waals surface area contributed by atoms with E-state index in [4.69, 9.17) is 4.74 Å². The first kappa shape index (κ1) is 15.4. The summed E-state index contributed by atoms with van der Waals surface area (Å²) in [5.74, 6) is -0.880. The fourth-order valence-corrected chi connectivity index (χ4v) is 3.15. The molecule has 0 bridgehead atoms. The van der Waals surface area contributed by atoms with Crippen LogP contribution in [0.15, 0.2) is 18.2 Å². The van der Waals surface area contributed by atoms with Crippen molar-refractivity contribution in [1.29, 1.82) is 0 Å². The van der Waals surface area contributed by atoms with E-state index in [0.717, 1.165) is 32.2 Å². The number of ether oxygens (including phenoxy) is 1. The Hall–Kier alpha value is -1.53. The van der Waals surface area contributed by atoms with Gasteiger partial charge in [0, 0.05) is 31.7 Å². The predicted octanol–water partition coefficient (Wildman–Crippen LogP) is 1.91. The number of amides is 1. The van der Waals surface area contributed by atoms with Crippen molar-refractivity contribution in [2.75, 3.05) is 19.8 Å². The Morgan fingerprint density at radius 2 is 2.00 bits per heavy atom. The number of benzene rings is 1. The highest BCUT2D eigenvalue weighted by molar-refractivity contribution is 5.77. The van der Waals surface area contributed by atoms with Gasteiger partial charge in [0.1, 0.15) is 11.6 Å². The minimum atomic E-state index is -0.627. The maximum atomic E-state index is 13.4. The molecule has 0 spiro atoms. The summed E-state index contributed by atoms with van der Waals surface area (Å²) in [6.07, 6.45) is 2.10. The summed E-state index contributed by atoms with van der Waals surface area (Å²) < 4.78 is 32.2. The lowest BCUT2D eigenvalue weighted by Crippen LogP contribution is -2.49. The fourth-order valence-electron chi connectivity index (χ4n) is 3.15. The van der Waals surface area contributed by atoms with Gasteiger partial charge >= 0.3 is 0 Å². The summed E-state index contributed by atoms with van der Waals surface area (Å²) in [5, 5.41) is 6.28. The molecule has 6 heteroatoms. The van der Waals surface area contributed by atoms with E-state index in [9.17, 15) is 13.6 Å². The van der Waals surface area contributed by atoms with Crippen molar-refractivity contribution in [3.05, 3.63) is 35.4 Å². The second-order valence-corrected chi connectivity index (χ2v) is 6.03. The highest BCUT2D eigenvalue weighted by Crippen LogP contribution is 2.26. The van der Waals surface area contributed by atoms with Gasteiger partial charge in [0.15, 0.2) is 0 Å². The van der Waals surface area contributed by atoms with Gasteiger partial charge in [0.25, 0.3) is 0 Å². The third-order valence-electron chi connectivity index (χ3n) is 4.34. The molecule has 2 aliphatic rings. The molecule has 4 nitrogen and oxygen atoms in total. The Balaban J connectivity index is 1.72. The molecule has 0 aliphatic carbocycles. The van der Waals surface area contributed by atoms with Crippen molar-refractivity contribution in [3.8, 4) is 0 Å². The average Bonchev–Trinajstić information content (AvgIpc) is 2.98. The van der Waals surface area contributed by atoms with Gasteiger partial charge in [-0.1, -0.05) is 0 Å². The molecule has 22 heavy (non-hydrogen) atoms. The Kier molecular flexibility index (Phi) is 4.69. The van der Waals surface area contributed by atoms with Gasteiger partial charge in [-0.25, -0.2) is 8.78 Å². The molecule has 0 unspecified atom stereocenters. The molecule has 2 saturated heterocycles. The molecule has 2 heterocycles. The van der Waals surface area contributed by atoms with Crippen LogP contribution in [0.3, 0.4) is 0 Å². The van der Waals surface area contributed by atoms with Crippen LogP contribution in [0.2, 0.25) is 0 Å². The van der Waals surface area contributed by atoms with E-state index in [2.05, 4.69) is 10.6 Å². The van der Waals surface area contributed by atoms with Crippen LogP contribution in [0.5, 0.6) is 0 Å². The number of hydrogen-bond acceptors (Lipinski definition) is 3. The minimum absolute atomic E-state index is 0.0282. The molecule has 1 aromatic rings. The Morgan fingerprint density at radius 1 is 1.23 bits per heavy atom. The zero-order valence-electron chi connectivity index (χ0n) is 12.3. The molecular weight excluding hydrogens is 290 g/mol. The van der Waals surface area contributed by atoms with E-state index in [1.165, 1.54) is 12.1 Å². The van der Waals surface area contributed by atoms with Gasteiger partial charge in [-0.2, -0.15) is 0 Å². The summed E-state index contributed by atoms with van der Waals surface area (Å²) in [6, 6.07) is 2.97. The van der Waals surface area contributed by atoms with E-state index in [-0.39, 0.29) is 11.9 Å². The maximum absolute atomic E-state index is 13.4. The third-order valence-corrected chi connectivity index (χ3v) is 4.34. The summed E-state index contributed by atoms with van der Waals surface area (Å²) >= 11 is 0. The van der Waals surface area contributed by atoms with Crippen LogP contribution in [0.25, 0.3) is 0 Å². The van der Waals surface area contributed by atoms with E-state index < -0.39 is 17.7 Å². The Labute approximate surface area is 128 Å². The second-order valence-electron chi connectivity index (χ2n) is 6.03. The van der Waals surface area contributed by atoms with Crippen LogP contribution >= 0.6 is 0 Å². The van der Waals surface area contributed by atoms with Crippen LogP contribution < -0.4 is 10.6 Å². The maximum Gasteiger partial charge on any atom is 0.220 e. The quantitative estimate of drug-likeness (QED) is 0.893. The second kappa shape index (κ2) is 6.71. The van der Waals surface area contributed by atoms with Crippen molar-refractivity contribution in [1.82, 2.24) is 10.6 Å². The Morgan fingerprint density at radius 3 is 2.68 bits per heavy atom. The van der Waals surface area contributed by atoms with Crippen LogP contribution in [-0.2, 0) is 9.53 Å². The van der Waals surface area contributed by atoms with E-state index in [1.807, 2.05) is 0 Å². The SMILES string of the molecule is O=C1CC[C@@H](NC[C@H]2CCOC2)[C@H](c2cc(F)cc(F)c2)N1. The van der Waals surface area contributed by atoms with E-state index >= 15 is 0 Å². The topological polar surface area (TPSA) is 50.4 Å². The standard InChI is InChI=1S/C16H20F2N2O2/c17-12-5-11(6-13(18)7-12)16-14(1-2-15(21)20-16)19-8-10-3-4-22-9-10/h5-7,10,14,16,19H,1-4,8-9H2,(H,20,21)/t10-,14-,16+/m1/s1. The number of hydrogen-bond donors (Lipinski definition) is 2. The molecule has 3 rings (SSSR count). The molecule has 2 fully saturated rings. The van der Waals surface area contributed by atoms with Gasteiger partial charge < -0.3 is 15.4 Å². The van der Waals surface area contributed by atoms with E-state index in [0.29, 0.717) is 24.3 Å². The zero-order chi connectivity index (χ0) is 15.5. The molecule has 120 valence electrons. The molecule has 0 radical (unpaired) electrons. The van der Waals surface area contributed by atoms with Gasteiger partial charge in [-0.3, -0.25) is 4.79 Å². The lowest BCUT2D eigenvalue weighted by atomic mass is 9.91. The molecule has 1 aromatic carbocycles. The highest BCUT2D eigenvalue weighted by Gasteiger charge is 2.31. The first-order valence-electron chi connectivity index (χ1n) is 7.68. The molecule has 0 aromatic heterocycles. The van der Waals surface area contributed by atoms with Gasteiger partial charge in [0.2, 0.25) is 5.91 Å². The predicted molar refractivity (Wildman–Crippen MR) is 77.2 cm³/mol. The van der Waals surface area contributed by atoms with Crippen LogP contribution in [0, 0.1) is 17.6 Å². The molecule has 2 N–H and O–H groups in total. The largest absolute Gasteiger partial charge is 0.381 e. The van der Waals surface area contributed by atoms with Crippen molar-refractivity contribution in [2.45, 2.75) is 31.3 Å². The monoisotopic (exact) mass is 310 g/mol. The third kappa shape index (κ3) is 3.62. The smallest absolute Gasteiger partial charge is 0.220 e. The van der Waals surface area contributed by atoms with Gasteiger partial charge in [-0.05, 0) is 36.5 Å². The summed E-state index contributed by atoms with van der Waals surface area (Å²) in [4.78, 5) is 11.7. The molecular formula is C16H20F2N2O2. The summed E-state index contributed by atoms with van der Waals surface area (Å²) in [7, 11) is 0. The van der Waals surface area contributed by atoms with Crippen molar-refractivity contribution in [3.63, 3.8) is 0 Å². The number of rotatable bonds is 4. The van der Waals surface area contributed by atoms with E-state index in [1.54, 1.807) is 0 Å². The fraction of sp³-hybridized carbons (Fsp3) is 0.562. The van der Waals surface area contributed by atoms with Crippen LogP contribution in [0.1, 0.15) is 30.9 Å². The molecule has 0 saturated carbocycles. The summed E-state index contributed by atoms with van der Waals surface area (Å²) in [6.45, 7) is 2.31. The normalized spacial score (nSPS) is 28.6. The van der Waals surface area contributed by atoms with Crippen LogP contribution in [0.4, 0.5) is 8.78 Å².